The molecule has 1 aromatic rings. The summed E-state index contributed by atoms with van der Waals surface area (Å²) in [7, 11) is -3.84. The zero-order valence-corrected chi connectivity index (χ0v) is 13.0. The third-order valence-corrected chi connectivity index (χ3v) is 5.38. The Kier molecular flexibility index (Phi) is 3.79. The molecule has 2 amide bonds. The van der Waals surface area contributed by atoms with Crippen LogP contribution in [0.1, 0.15) is 31.1 Å². The molecule has 1 heterocycles. The maximum Gasteiger partial charge on any atom is 0.269 e. The molecule has 0 fully saturated rings. The van der Waals surface area contributed by atoms with Crippen LogP contribution in [-0.4, -0.2) is 37.6 Å². The lowest BCUT2D eigenvalue weighted by Crippen LogP contribution is -2.49. The summed E-state index contributed by atoms with van der Waals surface area (Å²) in [6.45, 7) is 5.52. The lowest BCUT2D eigenvalue weighted by molar-refractivity contribution is -0.110. The molecule has 0 saturated carbocycles. The fourth-order valence-corrected chi connectivity index (χ4v) is 3.82. The van der Waals surface area contributed by atoms with E-state index < -0.39 is 22.0 Å². The summed E-state index contributed by atoms with van der Waals surface area (Å²) in [5.74, 6) is -0.549. The minimum Gasteiger partial charge on any atom is -0.354 e. The number of benzene rings is 1. The van der Waals surface area contributed by atoms with Crippen molar-refractivity contribution in [3.63, 3.8) is 0 Å². The lowest BCUT2D eigenvalue weighted by atomic mass is 9.87. The number of amides is 2. The van der Waals surface area contributed by atoms with E-state index in [0.717, 1.165) is 4.31 Å². The number of sulfonamides is 1. The summed E-state index contributed by atoms with van der Waals surface area (Å²) in [5, 5.41) is 2.60. The van der Waals surface area contributed by atoms with E-state index >= 15 is 0 Å². The largest absolute Gasteiger partial charge is 0.354 e. The second kappa shape index (κ2) is 5.14. The van der Waals surface area contributed by atoms with Gasteiger partial charge in [0.15, 0.2) is 0 Å². The van der Waals surface area contributed by atoms with E-state index in [1.807, 2.05) is 20.8 Å². The second-order valence-electron chi connectivity index (χ2n) is 6.04. The molecule has 114 valence electrons. The fraction of sp³-hybridized carbons (Fsp3) is 0.429. The molecule has 6 nitrogen and oxygen atoms in total. The number of nitrogens with one attached hydrogen (secondary N) is 1. The molecule has 0 aliphatic carbocycles. The number of carbonyl (C=O) groups excluding carboxylic acids is 2. The fourth-order valence-electron chi connectivity index (χ4n) is 2.24. The zero-order valence-electron chi connectivity index (χ0n) is 12.2. The van der Waals surface area contributed by atoms with Gasteiger partial charge in [-0.05, 0) is 17.5 Å². The lowest BCUT2D eigenvalue weighted by Gasteiger charge is -2.32. The van der Waals surface area contributed by atoms with E-state index in [1.165, 1.54) is 12.1 Å². The molecular formula is C14H18N2O4S. The number of hydrogen-bond acceptors (Lipinski definition) is 4. The Morgan fingerprint density at radius 1 is 1.29 bits per heavy atom. The van der Waals surface area contributed by atoms with Gasteiger partial charge >= 0.3 is 0 Å². The van der Waals surface area contributed by atoms with Gasteiger partial charge in [-0.1, -0.05) is 32.9 Å². The predicted molar refractivity (Wildman–Crippen MR) is 77.1 cm³/mol. The van der Waals surface area contributed by atoms with Crippen molar-refractivity contribution in [2.75, 3.05) is 6.54 Å². The van der Waals surface area contributed by atoms with E-state index in [-0.39, 0.29) is 22.4 Å². The van der Waals surface area contributed by atoms with Crippen molar-refractivity contribution in [3.05, 3.63) is 29.8 Å². The van der Waals surface area contributed by atoms with Gasteiger partial charge in [0.1, 0.15) is 4.90 Å². The van der Waals surface area contributed by atoms with Crippen molar-refractivity contribution < 1.29 is 18.0 Å². The maximum absolute atomic E-state index is 12.5. The van der Waals surface area contributed by atoms with Crippen LogP contribution in [0.5, 0.6) is 0 Å². The Hall–Kier alpha value is -1.89. The molecule has 0 radical (unpaired) electrons. The SMILES string of the molecule is CC(C)(C)[C@@H](CN1C(=O)c2ccccc2S1(=O)=O)NC=O. The predicted octanol–water partition coefficient (Wildman–Crippen LogP) is 0.992. The van der Waals surface area contributed by atoms with Gasteiger partial charge in [-0.3, -0.25) is 9.59 Å². The van der Waals surface area contributed by atoms with Crippen molar-refractivity contribution in [1.82, 2.24) is 9.62 Å². The summed E-state index contributed by atoms with van der Waals surface area (Å²) < 4.78 is 25.7. The first-order chi connectivity index (χ1) is 9.69. The van der Waals surface area contributed by atoms with Crippen LogP contribution in [0.2, 0.25) is 0 Å². The van der Waals surface area contributed by atoms with Gasteiger partial charge in [0, 0.05) is 0 Å². The minimum absolute atomic E-state index is 0.0220. The number of carbonyl (C=O) groups is 2. The molecule has 1 N–H and O–H groups in total. The Morgan fingerprint density at radius 3 is 2.43 bits per heavy atom. The van der Waals surface area contributed by atoms with Crippen LogP contribution in [0, 0.1) is 5.41 Å². The highest BCUT2D eigenvalue weighted by molar-refractivity contribution is 7.90. The molecule has 0 unspecified atom stereocenters. The first-order valence-electron chi connectivity index (χ1n) is 6.55. The molecule has 7 heteroatoms. The van der Waals surface area contributed by atoms with Crippen LogP contribution in [-0.2, 0) is 14.8 Å². The van der Waals surface area contributed by atoms with Crippen LogP contribution >= 0.6 is 0 Å². The van der Waals surface area contributed by atoms with E-state index in [4.69, 9.17) is 0 Å². The summed E-state index contributed by atoms with van der Waals surface area (Å²) in [6, 6.07) is 5.65. The molecule has 1 atom stereocenters. The standard InChI is InChI=1S/C14H18N2O4S/c1-14(2,3)12(15-9-17)8-16-13(18)10-6-4-5-7-11(10)21(16,19)20/h4-7,9,12H,8H2,1-3H3,(H,15,17)/t12-/m1/s1. The van der Waals surface area contributed by atoms with Crippen LogP contribution in [0.4, 0.5) is 0 Å². The van der Waals surface area contributed by atoms with Gasteiger partial charge in [0.05, 0.1) is 18.2 Å². The topological polar surface area (TPSA) is 83.6 Å². The third-order valence-electron chi connectivity index (χ3n) is 3.58. The average Bonchev–Trinajstić information content (AvgIpc) is 2.58. The van der Waals surface area contributed by atoms with E-state index in [0.29, 0.717) is 6.41 Å². The van der Waals surface area contributed by atoms with Gasteiger partial charge in [0.25, 0.3) is 15.9 Å². The normalized spacial score (nSPS) is 18.2. The molecule has 0 saturated heterocycles. The maximum atomic E-state index is 12.5. The van der Waals surface area contributed by atoms with Gasteiger partial charge < -0.3 is 5.32 Å². The van der Waals surface area contributed by atoms with E-state index in [2.05, 4.69) is 5.32 Å². The Labute approximate surface area is 124 Å². The number of nitrogens with zero attached hydrogens (tertiary/aromatic N) is 1. The van der Waals surface area contributed by atoms with Crippen LogP contribution in [0.25, 0.3) is 0 Å². The van der Waals surface area contributed by atoms with Crippen molar-refractivity contribution in [2.24, 2.45) is 5.41 Å². The number of rotatable bonds is 4. The first kappa shape index (κ1) is 15.5. The minimum atomic E-state index is -3.84. The van der Waals surface area contributed by atoms with Crippen LogP contribution in [0.3, 0.4) is 0 Å². The molecule has 0 aromatic heterocycles. The molecule has 1 aliphatic rings. The Morgan fingerprint density at radius 2 is 1.90 bits per heavy atom. The average molecular weight is 310 g/mol. The van der Waals surface area contributed by atoms with Gasteiger partial charge in [-0.25, -0.2) is 12.7 Å². The monoisotopic (exact) mass is 310 g/mol. The molecule has 1 aromatic carbocycles. The number of hydrogen-bond donors (Lipinski definition) is 1. The summed E-state index contributed by atoms with van der Waals surface area (Å²) in [4.78, 5) is 23.1. The molecule has 0 spiro atoms. The van der Waals surface area contributed by atoms with Crippen LogP contribution in [0.15, 0.2) is 29.2 Å². The molecule has 0 bridgehead atoms. The van der Waals surface area contributed by atoms with Crippen molar-refractivity contribution in [2.45, 2.75) is 31.7 Å². The van der Waals surface area contributed by atoms with Gasteiger partial charge in [-0.15, -0.1) is 0 Å². The molecular weight excluding hydrogens is 292 g/mol. The molecule has 1 aliphatic heterocycles. The van der Waals surface area contributed by atoms with Crippen molar-refractivity contribution in [3.8, 4) is 0 Å². The quantitative estimate of drug-likeness (QED) is 0.841. The Bertz CT molecular complexity index is 676. The zero-order chi connectivity index (χ0) is 15.8. The number of fused-ring (bicyclic) bond motifs is 1. The van der Waals surface area contributed by atoms with E-state index in [1.54, 1.807) is 12.1 Å². The van der Waals surface area contributed by atoms with Gasteiger partial charge in [-0.2, -0.15) is 0 Å². The summed E-state index contributed by atoms with van der Waals surface area (Å²) in [6.07, 6.45) is 0.524. The first-order valence-corrected chi connectivity index (χ1v) is 7.99. The van der Waals surface area contributed by atoms with E-state index in [9.17, 15) is 18.0 Å². The van der Waals surface area contributed by atoms with Gasteiger partial charge in [0.2, 0.25) is 6.41 Å². The molecule has 21 heavy (non-hydrogen) atoms. The second-order valence-corrected chi connectivity index (χ2v) is 7.87. The summed E-state index contributed by atoms with van der Waals surface area (Å²) in [5.41, 5.74) is -0.206. The van der Waals surface area contributed by atoms with Crippen molar-refractivity contribution in [1.29, 1.82) is 0 Å². The third kappa shape index (κ3) is 2.65. The molecule has 2 rings (SSSR count). The highest BCUT2D eigenvalue weighted by atomic mass is 32.2. The van der Waals surface area contributed by atoms with Crippen LogP contribution < -0.4 is 5.32 Å². The summed E-state index contributed by atoms with van der Waals surface area (Å²) >= 11 is 0. The van der Waals surface area contributed by atoms with Crippen molar-refractivity contribution >= 4 is 22.3 Å². The Balaban J connectivity index is 2.38. The highest BCUT2D eigenvalue weighted by Crippen LogP contribution is 2.31. The highest BCUT2D eigenvalue weighted by Gasteiger charge is 2.43. The smallest absolute Gasteiger partial charge is 0.269 e.